The first-order chi connectivity index (χ1) is 13.7. The molecule has 0 aliphatic carbocycles. The Hall–Kier alpha value is -3.10. The number of carbonyl (C=O) groups is 1. The van der Waals surface area contributed by atoms with Gasteiger partial charge in [-0.25, -0.2) is 4.98 Å². The van der Waals surface area contributed by atoms with Crippen LogP contribution in [0, 0.1) is 11.3 Å². The fourth-order valence-corrected chi connectivity index (χ4v) is 3.17. The maximum absolute atomic E-state index is 12.1. The number of rotatable bonds is 8. The van der Waals surface area contributed by atoms with E-state index in [1.54, 1.807) is 13.3 Å². The molecule has 3 rings (SSSR count). The van der Waals surface area contributed by atoms with Gasteiger partial charge in [-0.2, -0.15) is 5.26 Å². The minimum Gasteiger partial charge on any atom is -0.337 e. The number of nitrogens with zero attached hydrogens (tertiary/aromatic N) is 4. The summed E-state index contributed by atoms with van der Waals surface area (Å²) in [6, 6.07) is 20.0. The number of imidazole rings is 1. The molecule has 0 bridgehead atoms. The van der Waals surface area contributed by atoms with E-state index in [1.807, 2.05) is 53.6 Å². The van der Waals surface area contributed by atoms with Crippen LogP contribution in [-0.2, 0) is 24.3 Å². The number of nitriles is 1. The summed E-state index contributed by atoms with van der Waals surface area (Å²) in [5.74, 6) is 0.0687. The minimum atomic E-state index is 0. The van der Waals surface area contributed by atoms with E-state index < -0.39 is 0 Å². The van der Waals surface area contributed by atoms with Crippen LogP contribution in [0.4, 0.5) is 0 Å². The lowest BCUT2D eigenvalue weighted by Gasteiger charge is -2.22. The number of halogens is 1. The summed E-state index contributed by atoms with van der Waals surface area (Å²) in [7, 11) is 0. The first kappa shape index (κ1) is 22.2. The highest BCUT2D eigenvalue weighted by Crippen LogP contribution is 2.12. The monoisotopic (exact) mass is 408 g/mol. The summed E-state index contributed by atoms with van der Waals surface area (Å²) in [5.41, 5.74) is 4.03. The lowest BCUT2D eigenvalue weighted by molar-refractivity contribution is -0.129. The van der Waals surface area contributed by atoms with E-state index in [9.17, 15) is 4.79 Å². The van der Waals surface area contributed by atoms with Gasteiger partial charge in [0.1, 0.15) is 0 Å². The maximum Gasteiger partial charge on any atom is 0.219 e. The van der Waals surface area contributed by atoms with Gasteiger partial charge in [-0.3, -0.25) is 4.79 Å². The van der Waals surface area contributed by atoms with Crippen molar-refractivity contribution in [3.8, 4) is 6.07 Å². The van der Waals surface area contributed by atoms with E-state index in [0.717, 1.165) is 24.1 Å². The largest absolute Gasteiger partial charge is 0.337 e. The molecule has 0 N–H and O–H groups in total. The van der Waals surface area contributed by atoms with Gasteiger partial charge in [0.15, 0.2) is 0 Å². The Balaban J connectivity index is 0.00000300. The number of carbonyl (C=O) groups excluding carboxylic acids is 1. The SMILES string of the molecule is CC(=O)N(CCCc1ccccc1)Cc1cncn1Cc1ccc(C#N)cc1.Cl. The van der Waals surface area contributed by atoms with Crippen molar-refractivity contribution < 1.29 is 4.79 Å². The van der Waals surface area contributed by atoms with Crippen LogP contribution in [0.5, 0.6) is 0 Å². The summed E-state index contributed by atoms with van der Waals surface area (Å²) >= 11 is 0. The fraction of sp³-hybridized carbons (Fsp3) is 0.261. The molecule has 3 aromatic rings. The second-order valence-electron chi connectivity index (χ2n) is 6.85. The Labute approximate surface area is 178 Å². The van der Waals surface area contributed by atoms with Gasteiger partial charge in [-0.15, -0.1) is 12.4 Å². The number of hydrogen-bond donors (Lipinski definition) is 0. The van der Waals surface area contributed by atoms with Crippen LogP contribution in [0.25, 0.3) is 0 Å². The van der Waals surface area contributed by atoms with Crippen molar-refractivity contribution in [3.63, 3.8) is 0 Å². The highest BCUT2D eigenvalue weighted by molar-refractivity contribution is 5.85. The maximum atomic E-state index is 12.1. The van der Waals surface area contributed by atoms with Crippen molar-refractivity contribution in [1.29, 1.82) is 5.26 Å². The van der Waals surface area contributed by atoms with Crippen LogP contribution in [0.2, 0.25) is 0 Å². The van der Waals surface area contributed by atoms with Gasteiger partial charge in [0.2, 0.25) is 5.91 Å². The van der Waals surface area contributed by atoms with Gasteiger partial charge in [-0.05, 0) is 36.1 Å². The lowest BCUT2D eigenvalue weighted by Crippen LogP contribution is -2.30. The second-order valence-corrected chi connectivity index (χ2v) is 6.85. The lowest BCUT2D eigenvalue weighted by atomic mass is 10.1. The predicted octanol–water partition coefficient (Wildman–Crippen LogP) is 4.21. The smallest absolute Gasteiger partial charge is 0.219 e. The fourth-order valence-electron chi connectivity index (χ4n) is 3.17. The number of aromatic nitrogens is 2. The molecule has 0 fully saturated rings. The normalized spacial score (nSPS) is 10.1. The van der Waals surface area contributed by atoms with Gasteiger partial charge >= 0.3 is 0 Å². The van der Waals surface area contributed by atoms with E-state index in [-0.39, 0.29) is 18.3 Å². The Kier molecular flexibility index (Phi) is 8.45. The van der Waals surface area contributed by atoms with Crippen molar-refractivity contribution in [1.82, 2.24) is 14.5 Å². The van der Waals surface area contributed by atoms with Crippen molar-refractivity contribution in [2.45, 2.75) is 32.9 Å². The van der Waals surface area contributed by atoms with Crippen LogP contribution in [0.15, 0.2) is 67.1 Å². The predicted molar refractivity (Wildman–Crippen MR) is 116 cm³/mol. The number of benzene rings is 2. The number of hydrogen-bond acceptors (Lipinski definition) is 3. The highest BCUT2D eigenvalue weighted by atomic mass is 35.5. The van der Waals surface area contributed by atoms with Gasteiger partial charge in [-0.1, -0.05) is 42.5 Å². The Morgan fingerprint density at radius 2 is 1.83 bits per heavy atom. The van der Waals surface area contributed by atoms with E-state index >= 15 is 0 Å². The molecule has 0 unspecified atom stereocenters. The van der Waals surface area contributed by atoms with Crippen molar-refractivity contribution >= 4 is 18.3 Å². The summed E-state index contributed by atoms with van der Waals surface area (Å²) < 4.78 is 2.05. The molecule has 6 heteroatoms. The summed E-state index contributed by atoms with van der Waals surface area (Å²) in [6.45, 7) is 3.54. The molecule has 0 aliphatic heterocycles. The standard InChI is InChI=1S/C23H24N4O.ClH/c1-19(28)26(13-5-8-20-6-3-2-4-7-20)17-23-15-25-18-27(23)16-22-11-9-21(14-24)10-12-22;/h2-4,6-7,9-12,15,18H,5,8,13,16-17H2,1H3;1H. The Morgan fingerprint density at radius 3 is 2.48 bits per heavy atom. The second kappa shape index (κ2) is 11.0. The molecule has 0 atom stereocenters. The Bertz CT molecular complexity index is 945. The van der Waals surface area contributed by atoms with Crippen molar-refractivity contribution in [2.75, 3.05) is 6.54 Å². The zero-order chi connectivity index (χ0) is 19.8. The quantitative estimate of drug-likeness (QED) is 0.561. The average Bonchev–Trinajstić information content (AvgIpc) is 3.15. The molecule has 0 radical (unpaired) electrons. The molecule has 5 nitrogen and oxygen atoms in total. The van der Waals surface area contributed by atoms with Crippen molar-refractivity contribution in [2.24, 2.45) is 0 Å². The van der Waals surface area contributed by atoms with Crippen LogP contribution >= 0.6 is 12.4 Å². The molecule has 29 heavy (non-hydrogen) atoms. The molecule has 0 saturated carbocycles. The van der Waals surface area contributed by atoms with Gasteiger partial charge in [0.25, 0.3) is 0 Å². The zero-order valence-electron chi connectivity index (χ0n) is 16.5. The first-order valence-corrected chi connectivity index (χ1v) is 9.43. The molecule has 0 spiro atoms. The third-order valence-corrected chi connectivity index (χ3v) is 4.77. The molecule has 1 amide bonds. The first-order valence-electron chi connectivity index (χ1n) is 9.43. The van der Waals surface area contributed by atoms with Crippen LogP contribution in [0.3, 0.4) is 0 Å². The Morgan fingerprint density at radius 1 is 1.10 bits per heavy atom. The van der Waals surface area contributed by atoms with Gasteiger partial charge in [0, 0.05) is 26.2 Å². The average molecular weight is 409 g/mol. The molecule has 150 valence electrons. The van der Waals surface area contributed by atoms with E-state index in [2.05, 4.69) is 27.8 Å². The minimum absolute atomic E-state index is 0. The van der Waals surface area contributed by atoms with E-state index in [4.69, 9.17) is 5.26 Å². The van der Waals surface area contributed by atoms with Crippen LogP contribution in [-0.4, -0.2) is 26.9 Å². The topological polar surface area (TPSA) is 61.9 Å². The van der Waals surface area contributed by atoms with Gasteiger partial charge < -0.3 is 9.47 Å². The third-order valence-electron chi connectivity index (χ3n) is 4.77. The molecular weight excluding hydrogens is 384 g/mol. The molecule has 1 aromatic heterocycles. The van der Waals surface area contributed by atoms with Crippen LogP contribution in [0.1, 0.15) is 35.7 Å². The van der Waals surface area contributed by atoms with E-state index in [1.165, 1.54) is 5.56 Å². The highest BCUT2D eigenvalue weighted by Gasteiger charge is 2.12. The molecular formula is C23H25ClN4O. The summed E-state index contributed by atoms with van der Waals surface area (Å²) in [4.78, 5) is 18.3. The molecule has 0 aliphatic rings. The van der Waals surface area contributed by atoms with E-state index in [0.29, 0.717) is 25.2 Å². The van der Waals surface area contributed by atoms with Gasteiger partial charge in [0.05, 0.1) is 30.2 Å². The third kappa shape index (κ3) is 6.48. The number of aryl methyl sites for hydroxylation is 1. The molecule has 0 saturated heterocycles. The number of amides is 1. The molecule has 1 heterocycles. The van der Waals surface area contributed by atoms with Crippen molar-refractivity contribution in [3.05, 3.63) is 89.5 Å². The molecule has 2 aromatic carbocycles. The zero-order valence-corrected chi connectivity index (χ0v) is 17.3. The van der Waals surface area contributed by atoms with Crippen LogP contribution < -0.4 is 0 Å². The summed E-state index contributed by atoms with van der Waals surface area (Å²) in [5, 5.41) is 8.92. The summed E-state index contributed by atoms with van der Waals surface area (Å²) in [6.07, 6.45) is 5.48.